The van der Waals surface area contributed by atoms with Crippen LogP contribution in [0.15, 0.2) is 29.2 Å². The summed E-state index contributed by atoms with van der Waals surface area (Å²) in [5, 5.41) is 2.74. The zero-order chi connectivity index (χ0) is 18.9. The monoisotopic (exact) mass is 375 g/mol. The van der Waals surface area contributed by atoms with Gasteiger partial charge in [-0.15, -0.1) is 0 Å². The normalized spacial score (nSPS) is 13.9. The van der Waals surface area contributed by atoms with Crippen molar-refractivity contribution >= 4 is 27.4 Å². The number of nitrogens with zero attached hydrogens (tertiary/aromatic N) is 3. The lowest BCUT2D eigenvalue weighted by molar-refractivity contribution is -0.116. The summed E-state index contributed by atoms with van der Waals surface area (Å²) in [5.74, 6) is 1.07. The Morgan fingerprint density at radius 3 is 2.69 bits per heavy atom. The first-order chi connectivity index (χ1) is 12.2. The maximum atomic E-state index is 12.6. The first kappa shape index (κ1) is 18.3. The Hall–Kier alpha value is -2.52. The molecule has 1 aromatic heterocycles. The Morgan fingerprint density at radius 1 is 1.19 bits per heavy atom. The minimum atomic E-state index is -3.71. The number of fused-ring (bicyclic) bond motifs is 1. The highest BCUT2D eigenvalue weighted by Crippen LogP contribution is 2.25. The van der Waals surface area contributed by atoms with Gasteiger partial charge in [0.1, 0.15) is 11.6 Å². The van der Waals surface area contributed by atoms with Gasteiger partial charge in [0, 0.05) is 38.0 Å². The molecule has 9 heteroatoms. The summed E-state index contributed by atoms with van der Waals surface area (Å²) in [5.41, 5.74) is 2.24. The van der Waals surface area contributed by atoms with Gasteiger partial charge < -0.3 is 10.2 Å². The predicted molar refractivity (Wildman–Crippen MR) is 98.5 cm³/mol. The number of benzene rings is 1. The highest BCUT2D eigenvalue weighted by molar-refractivity contribution is 7.89. The number of hydrogen-bond acceptors (Lipinski definition) is 6. The van der Waals surface area contributed by atoms with E-state index in [1.165, 1.54) is 6.07 Å². The van der Waals surface area contributed by atoms with E-state index in [4.69, 9.17) is 0 Å². The molecule has 1 aromatic carbocycles. The number of aryl methyl sites for hydroxylation is 2. The number of hydrogen-bond donors (Lipinski definition) is 2. The van der Waals surface area contributed by atoms with Crippen molar-refractivity contribution in [3.8, 4) is 0 Å². The van der Waals surface area contributed by atoms with Crippen LogP contribution in [-0.2, 0) is 27.8 Å². The molecule has 1 aliphatic heterocycles. The molecule has 0 saturated heterocycles. The molecule has 0 spiro atoms. The molecule has 2 N–H and O–H groups in total. The highest BCUT2D eigenvalue weighted by atomic mass is 32.2. The molecule has 0 atom stereocenters. The summed E-state index contributed by atoms with van der Waals surface area (Å²) >= 11 is 0. The number of carbonyl (C=O) groups excluding carboxylic acids is 1. The maximum absolute atomic E-state index is 12.6. The first-order valence-corrected chi connectivity index (χ1v) is 9.67. The second-order valence-electron chi connectivity index (χ2n) is 6.37. The van der Waals surface area contributed by atoms with Gasteiger partial charge in [-0.05, 0) is 37.1 Å². The van der Waals surface area contributed by atoms with Gasteiger partial charge in [-0.1, -0.05) is 0 Å². The lowest BCUT2D eigenvalue weighted by Gasteiger charge is -2.17. The molecule has 1 aliphatic rings. The van der Waals surface area contributed by atoms with Crippen LogP contribution < -0.4 is 14.9 Å². The molecular weight excluding hydrogens is 354 g/mol. The van der Waals surface area contributed by atoms with Crippen LogP contribution in [0.2, 0.25) is 0 Å². The Bertz CT molecular complexity index is 957. The molecule has 8 nitrogen and oxygen atoms in total. The molecule has 0 fully saturated rings. The molecule has 0 unspecified atom stereocenters. The molecule has 0 radical (unpaired) electrons. The van der Waals surface area contributed by atoms with Crippen molar-refractivity contribution in [2.45, 2.75) is 31.2 Å². The van der Waals surface area contributed by atoms with Crippen LogP contribution >= 0.6 is 0 Å². The van der Waals surface area contributed by atoms with Crippen molar-refractivity contribution < 1.29 is 13.2 Å². The van der Waals surface area contributed by atoms with E-state index in [0.717, 1.165) is 17.1 Å². The van der Waals surface area contributed by atoms with Crippen molar-refractivity contribution in [3.63, 3.8) is 0 Å². The fourth-order valence-electron chi connectivity index (χ4n) is 2.69. The number of aromatic nitrogens is 2. The van der Waals surface area contributed by atoms with Crippen molar-refractivity contribution in [3.05, 3.63) is 41.3 Å². The van der Waals surface area contributed by atoms with Gasteiger partial charge in [-0.25, -0.2) is 23.1 Å². The Labute approximate surface area is 152 Å². The SMILES string of the molecule is Cc1cc(N(C)C)nc(CNS(=O)(=O)c2ccc3c(c2)CCC(=O)N3)n1. The summed E-state index contributed by atoms with van der Waals surface area (Å²) in [4.78, 5) is 22.0. The minimum Gasteiger partial charge on any atom is -0.363 e. The zero-order valence-electron chi connectivity index (χ0n) is 14.9. The van der Waals surface area contributed by atoms with E-state index in [-0.39, 0.29) is 17.3 Å². The fourth-order valence-corrected chi connectivity index (χ4v) is 3.72. The van der Waals surface area contributed by atoms with Crippen LogP contribution in [0.1, 0.15) is 23.5 Å². The third-order valence-electron chi connectivity index (χ3n) is 4.05. The van der Waals surface area contributed by atoms with Gasteiger partial charge in [0.2, 0.25) is 15.9 Å². The molecule has 0 bridgehead atoms. The van der Waals surface area contributed by atoms with Gasteiger partial charge in [-0.3, -0.25) is 4.79 Å². The van der Waals surface area contributed by atoms with Crippen molar-refractivity contribution in [1.29, 1.82) is 0 Å². The van der Waals surface area contributed by atoms with Gasteiger partial charge >= 0.3 is 0 Å². The van der Waals surface area contributed by atoms with E-state index in [0.29, 0.717) is 24.4 Å². The van der Waals surface area contributed by atoms with E-state index >= 15 is 0 Å². The molecule has 2 heterocycles. The minimum absolute atomic E-state index is 0.00132. The smallest absolute Gasteiger partial charge is 0.240 e. The summed E-state index contributed by atoms with van der Waals surface area (Å²) in [6.07, 6.45) is 0.881. The second-order valence-corrected chi connectivity index (χ2v) is 8.14. The molecule has 138 valence electrons. The quantitative estimate of drug-likeness (QED) is 0.814. The summed E-state index contributed by atoms with van der Waals surface area (Å²) in [7, 11) is 0.0177. The molecule has 1 amide bonds. The summed E-state index contributed by atoms with van der Waals surface area (Å²) in [6, 6.07) is 6.53. The third kappa shape index (κ3) is 4.00. The fraction of sp³-hybridized carbons (Fsp3) is 0.353. The Morgan fingerprint density at radius 2 is 1.96 bits per heavy atom. The molecule has 26 heavy (non-hydrogen) atoms. The Kier molecular flexibility index (Phi) is 4.92. The number of sulfonamides is 1. The first-order valence-electron chi connectivity index (χ1n) is 8.19. The standard InChI is InChI=1S/C17H21N5O3S/c1-11-8-16(22(2)3)21-15(19-11)10-18-26(24,25)13-5-6-14-12(9-13)4-7-17(23)20-14/h5-6,8-9,18H,4,7,10H2,1-3H3,(H,20,23). The largest absolute Gasteiger partial charge is 0.363 e. The van der Waals surface area contributed by atoms with Crippen LogP contribution in [0.3, 0.4) is 0 Å². The van der Waals surface area contributed by atoms with E-state index in [1.807, 2.05) is 32.0 Å². The number of nitrogens with one attached hydrogen (secondary N) is 2. The second kappa shape index (κ2) is 7.00. The molecule has 2 aromatic rings. The number of amides is 1. The molecular formula is C17H21N5O3S. The van der Waals surface area contributed by atoms with Gasteiger partial charge in [0.05, 0.1) is 11.4 Å². The average molecular weight is 375 g/mol. The van der Waals surface area contributed by atoms with Crippen LogP contribution in [0.5, 0.6) is 0 Å². The number of anilines is 2. The van der Waals surface area contributed by atoms with E-state index in [1.54, 1.807) is 12.1 Å². The topological polar surface area (TPSA) is 104 Å². The van der Waals surface area contributed by atoms with E-state index in [9.17, 15) is 13.2 Å². The summed E-state index contributed by atoms with van der Waals surface area (Å²) in [6.45, 7) is 1.84. The lowest BCUT2D eigenvalue weighted by Crippen LogP contribution is -2.26. The van der Waals surface area contributed by atoms with Crippen LogP contribution in [-0.4, -0.2) is 38.4 Å². The highest BCUT2D eigenvalue weighted by Gasteiger charge is 2.20. The zero-order valence-corrected chi connectivity index (χ0v) is 15.7. The van der Waals surface area contributed by atoms with Crippen molar-refractivity contribution in [1.82, 2.24) is 14.7 Å². The molecule has 0 saturated carbocycles. The summed E-state index contributed by atoms with van der Waals surface area (Å²) < 4.78 is 27.7. The Balaban J connectivity index is 1.79. The molecule has 0 aliphatic carbocycles. The van der Waals surface area contributed by atoms with Gasteiger partial charge in [-0.2, -0.15) is 0 Å². The molecule has 3 rings (SSSR count). The van der Waals surface area contributed by atoms with Gasteiger partial charge in [0.25, 0.3) is 0 Å². The predicted octanol–water partition coefficient (Wildman–Crippen LogP) is 1.21. The number of rotatable bonds is 5. The van der Waals surface area contributed by atoms with Crippen LogP contribution in [0.25, 0.3) is 0 Å². The van der Waals surface area contributed by atoms with Crippen LogP contribution in [0.4, 0.5) is 11.5 Å². The van der Waals surface area contributed by atoms with Crippen molar-refractivity contribution in [2.24, 2.45) is 0 Å². The van der Waals surface area contributed by atoms with E-state index in [2.05, 4.69) is 20.0 Å². The van der Waals surface area contributed by atoms with E-state index < -0.39 is 10.0 Å². The van der Waals surface area contributed by atoms with Gasteiger partial charge in [0.15, 0.2) is 0 Å². The third-order valence-corrected chi connectivity index (χ3v) is 5.45. The average Bonchev–Trinajstić information content (AvgIpc) is 2.59. The lowest BCUT2D eigenvalue weighted by atomic mass is 10.0. The van der Waals surface area contributed by atoms with Crippen molar-refractivity contribution in [2.75, 3.05) is 24.3 Å². The number of carbonyl (C=O) groups is 1. The maximum Gasteiger partial charge on any atom is 0.240 e. The van der Waals surface area contributed by atoms with Crippen LogP contribution in [0, 0.1) is 6.92 Å².